The molecule has 1 saturated carbocycles. The summed E-state index contributed by atoms with van der Waals surface area (Å²) >= 11 is 0. The molecule has 51 heavy (non-hydrogen) atoms. The fraction of sp³-hybridized carbons (Fsp3) is 0.424. The van der Waals surface area contributed by atoms with Gasteiger partial charge in [-0.3, -0.25) is 4.79 Å². The molecule has 1 spiro atoms. The lowest BCUT2D eigenvalue weighted by Crippen LogP contribution is -2.66. The number of anilines is 1. The van der Waals surface area contributed by atoms with E-state index in [9.17, 15) is 41.4 Å². The van der Waals surface area contributed by atoms with E-state index in [0.29, 0.717) is 30.9 Å². The molecule has 2 atom stereocenters. The topological polar surface area (TPSA) is 123 Å². The molecule has 2 aromatic carbocycles. The lowest BCUT2D eigenvalue weighted by atomic mass is 9.72. The number of aromatic nitrogens is 2. The molecule has 1 aliphatic carbocycles. The highest BCUT2D eigenvalue weighted by atomic mass is 19.4. The number of rotatable bonds is 8. The zero-order chi connectivity index (χ0) is 36.9. The first-order valence-electron chi connectivity index (χ1n) is 15.9. The number of aliphatic hydroxyl groups excluding tert-OH is 2. The maximum atomic E-state index is 15.4. The Hall–Kier alpha value is -4.39. The van der Waals surface area contributed by atoms with E-state index < -0.39 is 87.7 Å². The van der Waals surface area contributed by atoms with E-state index >= 15 is 8.78 Å². The number of carbonyl (C=O) groups excluding carboxylic acids is 1. The molecular formula is C33H32F8N6O4. The molecule has 1 amide bonds. The van der Waals surface area contributed by atoms with Gasteiger partial charge in [-0.05, 0) is 69.0 Å². The molecule has 0 radical (unpaired) electrons. The van der Waals surface area contributed by atoms with Gasteiger partial charge in [0.05, 0.1) is 22.5 Å². The third-order valence-electron chi connectivity index (χ3n) is 9.56. The molecule has 2 fully saturated rings. The highest BCUT2D eigenvalue weighted by Crippen LogP contribution is 2.48. The van der Waals surface area contributed by atoms with Crippen LogP contribution in [0.2, 0.25) is 0 Å². The smallest absolute Gasteiger partial charge is 0.433 e. The first-order valence-corrected chi connectivity index (χ1v) is 15.9. The number of benzene rings is 2. The Balaban J connectivity index is 1.32. The maximum absolute atomic E-state index is 15.4. The van der Waals surface area contributed by atoms with Gasteiger partial charge in [-0.1, -0.05) is 6.07 Å². The lowest BCUT2D eigenvalue weighted by Gasteiger charge is -2.56. The number of halogens is 8. The van der Waals surface area contributed by atoms with Gasteiger partial charge in [-0.2, -0.15) is 30.7 Å². The summed E-state index contributed by atoms with van der Waals surface area (Å²) in [6, 6.07) is 4.77. The van der Waals surface area contributed by atoms with Gasteiger partial charge in [-0.25, -0.2) is 24.4 Å². The number of amides is 1. The number of aliphatic hydroxyl groups is 2. The number of likely N-dealkylation sites (N-methyl/N-ethyl adjacent to an activating group) is 1. The Morgan fingerprint density at radius 3 is 2.41 bits per heavy atom. The number of carbonyl (C=O) groups is 1. The van der Waals surface area contributed by atoms with Crippen molar-refractivity contribution in [3.63, 3.8) is 0 Å². The zero-order valence-corrected chi connectivity index (χ0v) is 26.9. The first kappa shape index (κ1) is 36.4. The molecule has 6 rings (SSSR count). The van der Waals surface area contributed by atoms with Crippen LogP contribution in [0.1, 0.15) is 48.9 Å². The quantitative estimate of drug-likeness (QED) is 0.209. The number of nitrogens with zero attached hydrogens (tertiary/aromatic N) is 4. The Morgan fingerprint density at radius 2 is 1.78 bits per heavy atom. The van der Waals surface area contributed by atoms with Crippen LogP contribution in [-0.2, 0) is 23.7 Å². The van der Waals surface area contributed by atoms with Crippen molar-refractivity contribution in [3.05, 3.63) is 82.5 Å². The Kier molecular flexibility index (Phi) is 9.73. The third kappa shape index (κ3) is 6.96. The monoisotopic (exact) mass is 728 g/mol. The summed E-state index contributed by atoms with van der Waals surface area (Å²) in [4.78, 5) is 20.6. The van der Waals surface area contributed by atoms with E-state index in [-0.39, 0.29) is 36.8 Å². The summed E-state index contributed by atoms with van der Waals surface area (Å²) in [6.45, 7) is 0.413. The van der Waals surface area contributed by atoms with Gasteiger partial charge >= 0.3 is 12.4 Å². The van der Waals surface area contributed by atoms with Gasteiger partial charge in [0.15, 0.2) is 17.8 Å². The number of hydrogen-bond acceptors (Lipinski definition) is 9. The number of alkyl halides is 6. The summed E-state index contributed by atoms with van der Waals surface area (Å²) in [5, 5.41) is 30.9. The summed E-state index contributed by atoms with van der Waals surface area (Å²) in [5.41, 5.74) is -6.45. The van der Waals surface area contributed by atoms with Crippen molar-refractivity contribution in [1.29, 1.82) is 0 Å². The second-order valence-electron chi connectivity index (χ2n) is 12.6. The second-order valence-corrected chi connectivity index (χ2v) is 12.6. The van der Waals surface area contributed by atoms with Crippen LogP contribution in [0, 0.1) is 11.6 Å². The normalized spacial score (nSPS) is 21.2. The fourth-order valence-corrected chi connectivity index (χ4v) is 6.53. The molecule has 1 aromatic heterocycles. The van der Waals surface area contributed by atoms with Gasteiger partial charge in [0.1, 0.15) is 30.0 Å². The van der Waals surface area contributed by atoms with Crippen LogP contribution >= 0.6 is 0 Å². The molecule has 1 saturated heterocycles. The van der Waals surface area contributed by atoms with Crippen molar-refractivity contribution in [2.75, 3.05) is 25.5 Å². The van der Waals surface area contributed by atoms with Crippen molar-refractivity contribution in [2.45, 2.75) is 68.8 Å². The molecule has 1 unspecified atom stereocenters. The Morgan fingerprint density at radius 1 is 1.04 bits per heavy atom. The Labute approximate surface area is 285 Å². The highest BCUT2D eigenvalue weighted by molar-refractivity contribution is 6.07. The van der Waals surface area contributed by atoms with Crippen molar-refractivity contribution in [2.24, 2.45) is 0 Å². The van der Waals surface area contributed by atoms with Crippen LogP contribution in [0.4, 0.5) is 40.8 Å². The van der Waals surface area contributed by atoms with Gasteiger partial charge in [-0.15, -0.1) is 0 Å². The van der Waals surface area contributed by atoms with Crippen molar-refractivity contribution < 1.29 is 54.9 Å². The van der Waals surface area contributed by atoms with Crippen molar-refractivity contribution in [1.82, 2.24) is 25.3 Å². The van der Waals surface area contributed by atoms with E-state index in [1.165, 1.54) is 24.2 Å². The fourth-order valence-electron chi connectivity index (χ4n) is 6.53. The molecular weight excluding hydrogens is 696 g/mol. The number of ether oxygens (including phenoxy) is 1. The van der Waals surface area contributed by atoms with E-state index in [4.69, 9.17) is 4.74 Å². The number of nitrogens with one attached hydrogen (secondary N) is 2. The van der Waals surface area contributed by atoms with Crippen molar-refractivity contribution in [3.8, 4) is 17.0 Å². The lowest BCUT2D eigenvalue weighted by molar-refractivity contribution is -0.203. The molecule has 18 heteroatoms. The summed E-state index contributed by atoms with van der Waals surface area (Å²) < 4.78 is 117. The average molecular weight is 729 g/mol. The zero-order valence-electron chi connectivity index (χ0n) is 26.9. The minimum atomic E-state index is -4.97. The minimum absolute atomic E-state index is 0.0102. The van der Waals surface area contributed by atoms with Crippen LogP contribution in [0.5, 0.6) is 5.75 Å². The number of hydrogen-bond donors (Lipinski definition) is 4. The van der Waals surface area contributed by atoms with Gasteiger partial charge in [0.2, 0.25) is 5.82 Å². The summed E-state index contributed by atoms with van der Waals surface area (Å²) in [6.07, 6.45) is -8.51. The van der Waals surface area contributed by atoms with E-state index in [1.54, 1.807) is 0 Å². The standard InChI is InChI=1S/C33H32F8N6O4/c1-46-31(9-3-10-31)28(48)25(30(50)47(46)14-17-5-8-23(27(35)26(17)34)51-15-19-4-2-11-42-19)29(49)45-21-7-6-18(32(36,37)38)12-20(21)22-13-24(33(39,40)41)44-16-43-22/h5-8,12-13,16,19,30,42,48,50H,2-4,9-11,14-15H2,1H3,(H,45,49)/t19-,30?/m0/s1. The van der Waals surface area contributed by atoms with Crippen molar-refractivity contribution >= 4 is 11.6 Å². The average Bonchev–Trinajstić information content (AvgIpc) is 3.57. The van der Waals surface area contributed by atoms with Gasteiger partial charge < -0.3 is 25.6 Å². The first-order chi connectivity index (χ1) is 24.0. The molecule has 2 aliphatic heterocycles. The highest BCUT2D eigenvalue weighted by Gasteiger charge is 2.55. The van der Waals surface area contributed by atoms with Crippen LogP contribution in [0.15, 0.2) is 54.1 Å². The molecule has 4 N–H and O–H groups in total. The van der Waals surface area contributed by atoms with Gasteiger partial charge in [0.25, 0.3) is 5.91 Å². The Bertz CT molecular complexity index is 1840. The molecule has 3 aromatic rings. The predicted octanol–water partition coefficient (Wildman–Crippen LogP) is 5.94. The summed E-state index contributed by atoms with van der Waals surface area (Å²) in [5.74, 6) is -4.63. The second kappa shape index (κ2) is 13.6. The van der Waals surface area contributed by atoms with Crippen LogP contribution in [-0.4, -0.2) is 74.1 Å². The van der Waals surface area contributed by atoms with Gasteiger partial charge in [0, 0.05) is 30.8 Å². The predicted molar refractivity (Wildman–Crippen MR) is 165 cm³/mol. The van der Waals surface area contributed by atoms with E-state index in [1.807, 2.05) is 0 Å². The number of hydrazine groups is 1. The SMILES string of the molecule is CN1N(Cc2ccc(OC[C@@H]3CCCN3)c(F)c2F)C(O)C(C(=O)Nc2ccc(C(F)(F)F)cc2-c2cc(C(F)(F)F)ncn2)=C(O)C12CCC2. The van der Waals surface area contributed by atoms with Crippen LogP contribution < -0.4 is 15.4 Å². The third-order valence-corrected chi connectivity index (χ3v) is 9.56. The maximum Gasteiger partial charge on any atom is 0.433 e. The molecule has 274 valence electrons. The molecule has 3 aliphatic rings. The minimum Gasteiger partial charge on any atom is -0.510 e. The molecule has 0 bridgehead atoms. The van der Waals surface area contributed by atoms with E-state index in [0.717, 1.165) is 30.5 Å². The van der Waals surface area contributed by atoms with Crippen LogP contribution in [0.25, 0.3) is 11.3 Å². The molecule has 10 nitrogen and oxygen atoms in total. The summed E-state index contributed by atoms with van der Waals surface area (Å²) in [7, 11) is 1.48. The molecule has 3 heterocycles. The van der Waals surface area contributed by atoms with E-state index in [2.05, 4.69) is 20.6 Å². The largest absolute Gasteiger partial charge is 0.510 e. The van der Waals surface area contributed by atoms with Crippen LogP contribution in [0.3, 0.4) is 0 Å².